The van der Waals surface area contributed by atoms with Gasteiger partial charge in [0.2, 0.25) is 15.9 Å². The number of carbonyl (C=O) groups is 1. The fraction of sp³-hybridized carbons (Fsp3) is 0.533. The van der Waals surface area contributed by atoms with Crippen molar-refractivity contribution in [3.05, 3.63) is 30.3 Å². The van der Waals surface area contributed by atoms with Crippen molar-refractivity contribution in [2.45, 2.75) is 23.8 Å². The van der Waals surface area contributed by atoms with E-state index in [1.165, 1.54) is 4.31 Å². The molecule has 1 amide bonds. The number of benzene rings is 1. The van der Waals surface area contributed by atoms with E-state index >= 15 is 0 Å². The Morgan fingerprint density at radius 2 is 2.09 bits per heavy atom. The quantitative estimate of drug-likeness (QED) is 0.883. The molecule has 0 aromatic heterocycles. The van der Waals surface area contributed by atoms with Crippen molar-refractivity contribution >= 4 is 15.9 Å². The molecule has 3 rings (SSSR count). The van der Waals surface area contributed by atoms with Crippen molar-refractivity contribution in [1.29, 1.82) is 0 Å². The lowest BCUT2D eigenvalue weighted by Gasteiger charge is -2.41. The highest BCUT2D eigenvalue weighted by Crippen LogP contribution is 2.42. The molecule has 2 heterocycles. The number of sulfonamides is 1. The van der Waals surface area contributed by atoms with Crippen LogP contribution >= 0.6 is 0 Å². The predicted octanol–water partition coefficient (Wildman–Crippen LogP) is 0.602. The maximum absolute atomic E-state index is 12.8. The van der Waals surface area contributed by atoms with E-state index in [0.717, 1.165) is 0 Å². The molecular weight excluding hydrogens is 304 g/mol. The van der Waals surface area contributed by atoms with Gasteiger partial charge in [-0.25, -0.2) is 8.42 Å². The van der Waals surface area contributed by atoms with Gasteiger partial charge in [0.1, 0.15) is 0 Å². The third-order valence-electron chi connectivity index (χ3n) is 4.64. The fourth-order valence-corrected chi connectivity index (χ4v) is 4.97. The van der Waals surface area contributed by atoms with Gasteiger partial charge in [-0.3, -0.25) is 4.79 Å². The molecule has 2 fully saturated rings. The van der Waals surface area contributed by atoms with Gasteiger partial charge in [-0.15, -0.1) is 0 Å². The molecule has 2 atom stereocenters. The largest absolute Gasteiger partial charge is 0.377 e. The van der Waals surface area contributed by atoms with E-state index in [4.69, 9.17) is 4.74 Å². The summed E-state index contributed by atoms with van der Waals surface area (Å²) in [5, 5.41) is 2.67. The van der Waals surface area contributed by atoms with Gasteiger partial charge in [-0.1, -0.05) is 18.2 Å². The number of carbonyl (C=O) groups excluding carboxylic acids is 1. The number of ether oxygens (including phenoxy) is 1. The second-order valence-corrected chi connectivity index (χ2v) is 7.72. The maximum Gasteiger partial charge on any atom is 0.243 e. The summed E-state index contributed by atoms with van der Waals surface area (Å²) in [5.74, 6) is -0.136. The Morgan fingerprint density at radius 1 is 1.36 bits per heavy atom. The number of hydrogen-bond acceptors (Lipinski definition) is 4. The Labute approximate surface area is 130 Å². The zero-order valence-electron chi connectivity index (χ0n) is 12.5. The summed E-state index contributed by atoms with van der Waals surface area (Å²) in [6, 6.07) is 8.35. The predicted molar refractivity (Wildman–Crippen MR) is 80.7 cm³/mol. The van der Waals surface area contributed by atoms with E-state index in [1.807, 2.05) is 0 Å². The van der Waals surface area contributed by atoms with Crippen LogP contribution in [0.3, 0.4) is 0 Å². The maximum atomic E-state index is 12.8. The number of rotatable bonds is 3. The van der Waals surface area contributed by atoms with E-state index in [-0.39, 0.29) is 23.5 Å². The highest BCUT2D eigenvalue weighted by Gasteiger charge is 2.54. The summed E-state index contributed by atoms with van der Waals surface area (Å²) in [6.07, 6.45) is 0.895. The minimum atomic E-state index is -3.58. The minimum absolute atomic E-state index is 0.136. The van der Waals surface area contributed by atoms with Crippen molar-refractivity contribution in [1.82, 2.24) is 9.62 Å². The monoisotopic (exact) mass is 324 g/mol. The van der Waals surface area contributed by atoms with Crippen molar-refractivity contribution in [3.63, 3.8) is 0 Å². The van der Waals surface area contributed by atoms with Gasteiger partial charge in [-0.05, 0) is 25.0 Å². The highest BCUT2D eigenvalue weighted by atomic mass is 32.2. The molecular formula is C15H20N2O4S. The van der Waals surface area contributed by atoms with Gasteiger partial charge in [0, 0.05) is 26.7 Å². The number of piperidine rings is 1. The van der Waals surface area contributed by atoms with Crippen LogP contribution in [0.15, 0.2) is 35.2 Å². The molecule has 0 bridgehead atoms. The average Bonchev–Trinajstić information content (AvgIpc) is 2.99. The molecule has 2 aliphatic heterocycles. The van der Waals surface area contributed by atoms with Gasteiger partial charge in [0.15, 0.2) is 0 Å². The summed E-state index contributed by atoms with van der Waals surface area (Å²) in [6.45, 7) is 1.05. The standard InChI is InChI=1S/C15H20N2O4S/c1-16-14(18)15-8-10-21-13(15)7-9-17(11-15)22(19,20)12-5-3-2-4-6-12/h2-6,13H,7-11H2,1H3,(H,16,18)/t13-,15-/m0/s1. The van der Waals surface area contributed by atoms with E-state index < -0.39 is 15.4 Å². The lowest BCUT2D eigenvalue weighted by molar-refractivity contribution is -0.136. The number of nitrogens with zero attached hydrogens (tertiary/aromatic N) is 1. The third-order valence-corrected chi connectivity index (χ3v) is 6.50. The van der Waals surface area contributed by atoms with Crippen LogP contribution in [0.25, 0.3) is 0 Å². The minimum Gasteiger partial charge on any atom is -0.377 e. The van der Waals surface area contributed by atoms with Gasteiger partial charge < -0.3 is 10.1 Å². The second-order valence-electron chi connectivity index (χ2n) is 5.79. The number of nitrogens with one attached hydrogen (secondary N) is 1. The SMILES string of the molecule is CNC(=O)[C@]12CCO[C@H]1CCN(S(=O)(=O)c1ccccc1)C2. The van der Waals surface area contributed by atoms with Crippen molar-refractivity contribution in [3.8, 4) is 0 Å². The van der Waals surface area contributed by atoms with Crippen LogP contribution in [0.2, 0.25) is 0 Å². The summed E-state index contributed by atoms with van der Waals surface area (Å²) in [5.41, 5.74) is -0.769. The van der Waals surface area contributed by atoms with E-state index in [9.17, 15) is 13.2 Å². The molecule has 7 heteroatoms. The molecule has 1 aromatic carbocycles. The van der Waals surface area contributed by atoms with Gasteiger partial charge in [0.25, 0.3) is 0 Å². The molecule has 120 valence electrons. The van der Waals surface area contributed by atoms with Gasteiger partial charge in [-0.2, -0.15) is 4.31 Å². The summed E-state index contributed by atoms with van der Waals surface area (Å²) in [7, 11) is -2.00. The molecule has 0 aliphatic carbocycles. The molecule has 0 spiro atoms. The number of fused-ring (bicyclic) bond motifs is 1. The summed E-state index contributed by atoms with van der Waals surface area (Å²) in [4.78, 5) is 12.6. The Balaban J connectivity index is 1.93. The fourth-order valence-electron chi connectivity index (χ4n) is 3.43. The Morgan fingerprint density at radius 3 is 2.77 bits per heavy atom. The highest BCUT2D eigenvalue weighted by molar-refractivity contribution is 7.89. The van der Waals surface area contributed by atoms with Crippen LogP contribution in [0.5, 0.6) is 0 Å². The van der Waals surface area contributed by atoms with Crippen LogP contribution in [0.4, 0.5) is 0 Å². The Kier molecular flexibility index (Phi) is 3.96. The normalized spacial score (nSPS) is 29.0. The van der Waals surface area contributed by atoms with Crippen molar-refractivity contribution < 1.29 is 17.9 Å². The van der Waals surface area contributed by atoms with E-state index in [1.54, 1.807) is 37.4 Å². The zero-order valence-corrected chi connectivity index (χ0v) is 13.3. The molecule has 6 nitrogen and oxygen atoms in total. The van der Waals surface area contributed by atoms with Gasteiger partial charge >= 0.3 is 0 Å². The first-order valence-electron chi connectivity index (χ1n) is 7.40. The Hall–Kier alpha value is -1.44. The molecule has 0 unspecified atom stereocenters. The average molecular weight is 324 g/mol. The van der Waals surface area contributed by atoms with Crippen LogP contribution in [0.1, 0.15) is 12.8 Å². The smallest absolute Gasteiger partial charge is 0.243 e. The van der Waals surface area contributed by atoms with Crippen LogP contribution < -0.4 is 5.32 Å². The topological polar surface area (TPSA) is 75.7 Å². The van der Waals surface area contributed by atoms with Crippen molar-refractivity contribution in [2.24, 2.45) is 5.41 Å². The first-order chi connectivity index (χ1) is 10.5. The zero-order chi connectivity index (χ0) is 15.8. The first-order valence-corrected chi connectivity index (χ1v) is 8.84. The Bertz CT molecular complexity index is 661. The number of hydrogen-bond donors (Lipinski definition) is 1. The molecule has 1 N–H and O–H groups in total. The van der Waals surface area contributed by atoms with Crippen LogP contribution in [0, 0.1) is 5.41 Å². The van der Waals surface area contributed by atoms with E-state index in [2.05, 4.69) is 5.32 Å². The molecule has 0 radical (unpaired) electrons. The molecule has 0 saturated carbocycles. The third kappa shape index (κ3) is 2.33. The van der Waals surface area contributed by atoms with E-state index in [0.29, 0.717) is 26.0 Å². The molecule has 2 saturated heterocycles. The second kappa shape index (κ2) is 5.64. The molecule has 1 aromatic rings. The first kappa shape index (κ1) is 15.5. The summed E-state index contributed by atoms with van der Waals surface area (Å²) < 4.78 is 32.7. The van der Waals surface area contributed by atoms with Crippen molar-refractivity contribution in [2.75, 3.05) is 26.7 Å². The number of amides is 1. The van der Waals surface area contributed by atoms with Crippen LogP contribution in [-0.2, 0) is 19.6 Å². The van der Waals surface area contributed by atoms with Gasteiger partial charge in [0.05, 0.1) is 16.4 Å². The van der Waals surface area contributed by atoms with Crippen LogP contribution in [-0.4, -0.2) is 51.5 Å². The lowest BCUT2D eigenvalue weighted by atomic mass is 9.76. The lowest BCUT2D eigenvalue weighted by Crippen LogP contribution is -2.57. The molecule has 2 aliphatic rings. The summed E-state index contributed by atoms with van der Waals surface area (Å²) >= 11 is 0. The molecule has 22 heavy (non-hydrogen) atoms.